The molecule has 0 fully saturated rings. The minimum Gasteiger partial charge on any atom is -0.298 e. The van der Waals surface area contributed by atoms with E-state index in [4.69, 9.17) is 23.2 Å². The first-order valence-electron chi connectivity index (χ1n) is 4.82. The Bertz CT molecular complexity index is 582. The van der Waals surface area contributed by atoms with Crippen LogP contribution in [0.3, 0.4) is 0 Å². The minimum atomic E-state index is -0.575. The van der Waals surface area contributed by atoms with Crippen molar-refractivity contribution in [1.82, 2.24) is 0 Å². The average molecular weight is 269 g/mol. The molecule has 2 rings (SSSR count). The van der Waals surface area contributed by atoms with E-state index in [1.54, 1.807) is 24.3 Å². The van der Waals surface area contributed by atoms with Gasteiger partial charge in [-0.3, -0.25) is 4.79 Å². The lowest BCUT2D eigenvalue weighted by Crippen LogP contribution is -1.89. The van der Waals surface area contributed by atoms with Crippen molar-refractivity contribution in [1.29, 1.82) is 0 Å². The number of aldehydes is 1. The maximum Gasteiger partial charge on any atom is 0.152 e. The average Bonchev–Trinajstić information content (AvgIpc) is 2.32. The molecule has 0 atom stereocenters. The standard InChI is InChI=1S/C13H7Cl2FO/c14-11-3-1-2-10(13(11)15)8-4-5-9(7-17)12(16)6-8/h1-7H. The lowest BCUT2D eigenvalue weighted by Gasteiger charge is -2.06. The Morgan fingerprint density at radius 3 is 2.53 bits per heavy atom. The number of hydrogen-bond donors (Lipinski definition) is 0. The summed E-state index contributed by atoms with van der Waals surface area (Å²) in [6.07, 6.45) is 0.471. The molecule has 4 heteroatoms. The van der Waals surface area contributed by atoms with Gasteiger partial charge in [0.25, 0.3) is 0 Å². The van der Waals surface area contributed by atoms with Crippen molar-refractivity contribution in [3.8, 4) is 11.1 Å². The summed E-state index contributed by atoms with van der Waals surface area (Å²) in [7, 11) is 0. The maximum atomic E-state index is 13.5. The summed E-state index contributed by atoms with van der Waals surface area (Å²) in [5.74, 6) is -0.575. The van der Waals surface area contributed by atoms with E-state index in [2.05, 4.69) is 0 Å². The van der Waals surface area contributed by atoms with Gasteiger partial charge < -0.3 is 0 Å². The van der Waals surface area contributed by atoms with E-state index >= 15 is 0 Å². The van der Waals surface area contributed by atoms with Gasteiger partial charge in [0.05, 0.1) is 15.6 Å². The highest BCUT2D eigenvalue weighted by Gasteiger charge is 2.09. The van der Waals surface area contributed by atoms with E-state index in [0.29, 0.717) is 27.5 Å². The minimum absolute atomic E-state index is 0.0203. The van der Waals surface area contributed by atoms with Crippen molar-refractivity contribution >= 4 is 29.5 Å². The Morgan fingerprint density at radius 1 is 1.12 bits per heavy atom. The Kier molecular flexibility index (Phi) is 3.46. The van der Waals surface area contributed by atoms with Crippen LogP contribution >= 0.6 is 23.2 Å². The molecule has 0 radical (unpaired) electrons. The third-order valence-electron chi connectivity index (χ3n) is 2.39. The van der Waals surface area contributed by atoms with Crippen molar-refractivity contribution in [2.45, 2.75) is 0 Å². The zero-order valence-corrected chi connectivity index (χ0v) is 10.1. The van der Waals surface area contributed by atoms with E-state index in [0.717, 1.165) is 0 Å². The van der Waals surface area contributed by atoms with E-state index in [-0.39, 0.29) is 5.56 Å². The quantitative estimate of drug-likeness (QED) is 0.727. The molecule has 0 aliphatic rings. The van der Waals surface area contributed by atoms with Gasteiger partial charge in [0.15, 0.2) is 6.29 Å². The fourth-order valence-electron chi connectivity index (χ4n) is 1.52. The van der Waals surface area contributed by atoms with Crippen LogP contribution in [0, 0.1) is 5.82 Å². The van der Waals surface area contributed by atoms with Crippen molar-refractivity contribution in [3.63, 3.8) is 0 Å². The Labute approximate surface area is 108 Å². The summed E-state index contributed by atoms with van der Waals surface area (Å²) in [5, 5.41) is 0.774. The van der Waals surface area contributed by atoms with Gasteiger partial charge in [-0.05, 0) is 23.8 Å². The first-order valence-corrected chi connectivity index (χ1v) is 5.58. The molecule has 0 bridgehead atoms. The third-order valence-corrected chi connectivity index (χ3v) is 3.21. The van der Waals surface area contributed by atoms with Crippen LogP contribution in [0.2, 0.25) is 10.0 Å². The van der Waals surface area contributed by atoms with Crippen LogP contribution in [-0.2, 0) is 0 Å². The number of hydrogen-bond acceptors (Lipinski definition) is 1. The molecule has 2 aromatic rings. The van der Waals surface area contributed by atoms with Crippen molar-refractivity contribution in [2.75, 3.05) is 0 Å². The highest BCUT2D eigenvalue weighted by Crippen LogP contribution is 2.33. The molecule has 0 unspecified atom stereocenters. The van der Waals surface area contributed by atoms with Gasteiger partial charge in [-0.2, -0.15) is 0 Å². The fourth-order valence-corrected chi connectivity index (χ4v) is 1.93. The van der Waals surface area contributed by atoms with E-state index in [9.17, 15) is 9.18 Å². The third kappa shape index (κ3) is 2.33. The second kappa shape index (κ2) is 4.86. The predicted octanol–water partition coefficient (Wildman–Crippen LogP) is 4.61. The van der Waals surface area contributed by atoms with Crippen LogP contribution in [0.5, 0.6) is 0 Å². The van der Waals surface area contributed by atoms with Gasteiger partial charge in [0, 0.05) is 5.56 Å². The number of carbonyl (C=O) groups excluding carboxylic acids is 1. The molecule has 0 N–H and O–H groups in total. The second-order valence-corrected chi connectivity index (χ2v) is 4.24. The lowest BCUT2D eigenvalue weighted by molar-refractivity contribution is 0.112. The van der Waals surface area contributed by atoms with Gasteiger partial charge in [-0.25, -0.2) is 4.39 Å². The molecule has 0 saturated carbocycles. The summed E-state index contributed by atoms with van der Waals surface area (Å²) >= 11 is 11.9. The largest absolute Gasteiger partial charge is 0.298 e. The summed E-state index contributed by atoms with van der Waals surface area (Å²) < 4.78 is 13.5. The fraction of sp³-hybridized carbons (Fsp3) is 0. The van der Waals surface area contributed by atoms with Crippen molar-refractivity contribution in [2.24, 2.45) is 0 Å². The number of halogens is 3. The van der Waals surface area contributed by atoms with Crippen LogP contribution in [0.4, 0.5) is 4.39 Å². The summed E-state index contributed by atoms with van der Waals surface area (Å²) in [4.78, 5) is 10.5. The molecule has 1 nitrogen and oxygen atoms in total. The highest BCUT2D eigenvalue weighted by atomic mass is 35.5. The van der Waals surface area contributed by atoms with Crippen molar-refractivity contribution < 1.29 is 9.18 Å². The first-order chi connectivity index (χ1) is 8.13. The smallest absolute Gasteiger partial charge is 0.152 e. The second-order valence-electron chi connectivity index (χ2n) is 3.46. The van der Waals surface area contributed by atoms with Crippen LogP contribution in [-0.4, -0.2) is 6.29 Å². The molecule has 0 heterocycles. The number of carbonyl (C=O) groups is 1. The van der Waals surface area contributed by atoms with Crippen LogP contribution < -0.4 is 0 Å². The molecular formula is C13H7Cl2FO. The van der Waals surface area contributed by atoms with Crippen LogP contribution in [0.15, 0.2) is 36.4 Å². The molecule has 2 aromatic carbocycles. The van der Waals surface area contributed by atoms with E-state index in [1.807, 2.05) is 0 Å². The molecule has 17 heavy (non-hydrogen) atoms. The van der Waals surface area contributed by atoms with E-state index < -0.39 is 5.82 Å². The number of rotatable bonds is 2. The molecule has 0 spiro atoms. The topological polar surface area (TPSA) is 17.1 Å². The molecule has 0 aliphatic carbocycles. The Balaban J connectivity index is 2.57. The molecule has 0 aliphatic heterocycles. The predicted molar refractivity (Wildman–Crippen MR) is 67.2 cm³/mol. The van der Waals surface area contributed by atoms with Crippen LogP contribution in [0.25, 0.3) is 11.1 Å². The number of benzene rings is 2. The zero-order valence-electron chi connectivity index (χ0n) is 8.58. The SMILES string of the molecule is O=Cc1ccc(-c2cccc(Cl)c2Cl)cc1F. The normalized spacial score (nSPS) is 10.3. The summed E-state index contributed by atoms with van der Waals surface area (Å²) in [5.41, 5.74) is 1.24. The van der Waals surface area contributed by atoms with Crippen LogP contribution in [0.1, 0.15) is 10.4 Å². The molecule has 86 valence electrons. The molecular weight excluding hydrogens is 262 g/mol. The van der Waals surface area contributed by atoms with Gasteiger partial charge in [0.2, 0.25) is 0 Å². The first kappa shape index (κ1) is 12.1. The van der Waals surface area contributed by atoms with Gasteiger partial charge in [-0.1, -0.05) is 41.4 Å². The monoisotopic (exact) mass is 268 g/mol. The molecule has 0 saturated heterocycles. The van der Waals surface area contributed by atoms with Gasteiger partial charge >= 0.3 is 0 Å². The van der Waals surface area contributed by atoms with Crippen molar-refractivity contribution in [3.05, 3.63) is 57.8 Å². The van der Waals surface area contributed by atoms with E-state index in [1.165, 1.54) is 12.1 Å². The Hall–Kier alpha value is -1.38. The molecule has 0 aromatic heterocycles. The summed E-state index contributed by atoms with van der Waals surface area (Å²) in [6, 6.07) is 9.43. The highest BCUT2D eigenvalue weighted by molar-refractivity contribution is 6.43. The Morgan fingerprint density at radius 2 is 1.88 bits per heavy atom. The molecule has 0 amide bonds. The lowest BCUT2D eigenvalue weighted by atomic mass is 10.0. The van der Waals surface area contributed by atoms with Gasteiger partial charge in [-0.15, -0.1) is 0 Å². The zero-order chi connectivity index (χ0) is 12.4. The summed E-state index contributed by atoms with van der Waals surface area (Å²) in [6.45, 7) is 0. The van der Waals surface area contributed by atoms with Gasteiger partial charge in [0.1, 0.15) is 5.82 Å². The maximum absolute atomic E-state index is 13.5.